The minimum Gasteiger partial charge on any atom is -0.305 e. The number of halogens is 2. The molecule has 0 aliphatic heterocycles. The van der Waals surface area contributed by atoms with E-state index in [4.69, 9.17) is 11.6 Å². The van der Waals surface area contributed by atoms with Crippen LogP contribution in [0.5, 0.6) is 0 Å². The molecule has 2 rings (SSSR count). The van der Waals surface area contributed by atoms with Crippen molar-refractivity contribution in [3.63, 3.8) is 0 Å². The molecule has 0 fully saturated rings. The molecule has 1 unspecified atom stereocenters. The molecule has 1 aromatic heterocycles. The van der Waals surface area contributed by atoms with E-state index in [1.165, 1.54) is 0 Å². The fourth-order valence-corrected chi connectivity index (χ4v) is 2.39. The maximum atomic E-state index is 6.03. The lowest BCUT2D eigenvalue weighted by Crippen LogP contribution is -2.22. The molecule has 0 radical (unpaired) electrons. The zero-order chi connectivity index (χ0) is 13.1. The van der Waals surface area contributed by atoms with Crippen LogP contribution >= 0.6 is 27.5 Å². The minimum atomic E-state index is 0.0877. The lowest BCUT2D eigenvalue weighted by atomic mass is 10.0. The summed E-state index contributed by atoms with van der Waals surface area (Å²) in [5.41, 5.74) is 2.15. The molecule has 5 heteroatoms. The third-order valence-corrected chi connectivity index (χ3v) is 3.93. The Labute approximate surface area is 120 Å². The molecule has 1 N–H and O–H groups in total. The summed E-state index contributed by atoms with van der Waals surface area (Å²) in [4.78, 5) is 0. The van der Waals surface area contributed by atoms with E-state index in [0.717, 1.165) is 27.3 Å². The molecule has 0 bridgehead atoms. The van der Waals surface area contributed by atoms with Crippen LogP contribution in [0.3, 0.4) is 0 Å². The van der Waals surface area contributed by atoms with Gasteiger partial charge in [-0.3, -0.25) is 4.68 Å². The van der Waals surface area contributed by atoms with Crippen LogP contribution in [0.15, 0.2) is 34.9 Å². The summed E-state index contributed by atoms with van der Waals surface area (Å²) in [5.74, 6) is 0. The molecule has 0 saturated heterocycles. The first kappa shape index (κ1) is 13.6. The van der Waals surface area contributed by atoms with Gasteiger partial charge in [0.15, 0.2) is 0 Å². The maximum Gasteiger partial charge on any atom is 0.0839 e. The molecule has 0 amide bonds. The Kier molecular flexibility index (Phi) is 4.43. The molecule has 18 heavy (non-hydrogen) atoms. The number of aromatic nitrogens is 2. The van der Waals surface area contributed by atoms with Crippen LogP contribution in [0.2, 0.25) is 5.02 Å². The van der Waals surface area contributed by atoms with Gasteiger partial charge in [-0.2, -0.15) is 5.10 Å². The van der Waals surface area contributed by atoms with Crippen LogP contribution in [-0.2, 0) is 7.05 Å². The van der Waals surface area contributed by atoms with Crippen molar-refractivity contribution in [3.8, 4) is 0 Å². The van der Waals surface area contributed by atoms with Crippen molar-refractivity contribution < 1.29 is 0 Å². The number of hydrogen-bond acceptors (Lipinski definition) is 2. The third-order valence-electron chi connectivity index (χ3n) is 2.72. The zero-order valence-electron chi connectivity index (χ0n) is 10.3. The van der Waals surface area contributed by atoms with Crippen molar-refractivity contribution in [2.75, 3.05) is 6.54 Å². The number of nitrogens with one attached hydrogen (secondary N) is 1. The van der Waals surface area contributed by atoms with Crippen molar-refractivity contribution in [2.24, 2.45) is 7.05 Å². The molecule has 0 aliphatic carbocycles. The largest absolute Gasteiger partial charge is 0.305 e. The van der Waals surface area contributed by atoms with E-state index in [1.807, 2.05) is 42.2 Å². The van der Waals surface area contributed by atoms with Crippen LogP contribution < -0.4 is 5.32 Å². The Morgan fingerprint density at radius 1 is 1.44 bits per heavy atom. The van der Waals surface area contributed by atoms with Crippen molar-refractivity contribution >= 4 is 27.5 Å². The standard InChI is InChI=1S/C13H15BrClN3/c1-3-16-13(12-6-7-18(2)17-12)9-4-5-11(15)10(14)8-9/h4-8,13,16H,3H2,1-2H3. The average molecular weight is 329 g/mol. The molecule has 96 valence electrons. The second-order valence-electron chi connectivity index (χ2n) is 4.08. The molecular weight excluding hydrogens is 314 g/mol. The van der Waals surface area contributed by atoms with Gasteiger partial charge >= 0.3 is 0 Å². The van der Waals surface area contributed by atoms with Gasteiger partial charge in [-0.05, 0) is 46.2 Å². The van der Waals surface area contributed by atoms with Gasteiger partial charge in [0.05, 0.1) is 16.8 Å². The van der Waals surface area contributed by atoms with Crippen LogP contribution in [-0.4, -0.2) is 16.3 Å². The van der Waals surface area contributed by atoms with Gasteiger partial charge in [0, 0.05) is 17.7 Å². The van der Waals surface area contributed by atoms with Crippen molar-refractivity contribution in [2.45, 2.75) is 13.0 Å². The summed E-state index contributed by atoms with van der Waals surface area (Å²) < 4.78 is 2.71. The number of benzene rings is 1. The fraction of sp³-hybridized carbons (Fsp3) is 0.308. The molecule has 1 atom stereocenters. The SMILES string of the molecule is CCNC(c1ccc(Cl)c(Br)c1)c1ccn(C)n1. The number of rotatable bonds is 4. The molecule has 0 spiro atoms. The summed E-state index contributed by atoms with van der Waals surface area (Å²) in [5, 5.41) is 8.62. The fourth-order valence-electron chi connectivity index (χ4n) is 1.88. The summed E-state index contributed by atoms with van der Waals surface area (Å²) >= 11 is 9.48. The highest BCUT2D eigenvalue weighted by Crippen LogP contribution is 2.28. The second kappa shape index (κ2) is 5.87. The van der Waals surface area contributed by atoms with E-state index in [2.05, 4.69) is 33.3 Å². The van der Waals surface area contributed by atoms with Crippen LogP contribution in [0, 0.1) is 0 Å². The number of hydrogen-bond donors (Lipinski definition) is 1. The summed E-state index contributed by atoms with van der Waals surface area (Å²) in [6, 6.07) is 8.06. The first-order valence-electron chi connectivity index (χ1n) is 5.79. The summed E-state index contributed by atoms with van der Waals surface area (Å²) in [6.07, 6.45) is 1.95. The molecule has 1 aromatic carbocycles. The molecule has 2 aromatic rings. The third kappa shape index (κ3) is 2.94. The van der Waals surface area contributed by atoms with Gasteiger partial charge in [-0.1, -0.05) is 24.6 Å². The summed E-state index contributed by atoms with van der Waals surface area (Å²) in [6.45, 7) is 2.96. The first-order chi connectivity index (χ1) is 8.61. The van der Waals surface area contributed by atoms with E-state index in [-0.39, 0.29) is 6.04 Å². The quantitative estimate of drug-likeness (QED) is 0.930. The predicted molar refractivity (Wildman–Crippen MR) is 77.9 cm³/mol. The Morgan fingerprint density at radius 3 is 2.78 bits per heavy atom. The smallest absolute Gasteiger partial charge is 0.0839 e. The molecule has 0 saturated carbocycles. The van der Waals surface area contributed by atoms with Gasteiger partial charge in [0.1, 0.15) is 0 Å². The van der Waals surface area contributed by atoms with E-state index in [1.54, 1.807) is 0 Å². The number of aryl methyl sites for hydroxylation is 1. The van der Waals surface area contributed by atoms with Gasteiger partial charge in [0.25, 0.3) is 0 Å². The Bertz CT molecular complexity index is 539. The maximum absolute atomic E-state index is 6.03. The van der Waals surface area contributed by atoms with Gasteiger partial charge < -0.3 is 5.32 Å². The molecule has 1 heterocycles. The Morgan fingerprint density at radius 2 is 2.22 bits per heavy atom. The normalized spacial score (nSPS) is 12.7. The van der Waals surface area contributed by atoms with Crippen molar-refractivity contribution in [3.05, 3.63) is 51.2 Å². The lowest BCUT2D eigenvalue weighted by molar-refractivity contribution is 0.599. The Balaban J connectivity index is 2.37. The van der Waals surface area contributed by atoms with Crippen molar-refractivity contribution in [1.29, 1.82) is 0 Å². The highest BCUT2D eigenvalue weighted by Gasteiger charge is 2.16. The highest BCUT2D eigenvalue weighted by molar-refractivity contribution is 9.10. The Hall–Kier alpha value is -0.840. The molecule has 3 nitrogen and oxygen atoms in total. The van der Waals surface area contributed by atoms with Crippen LogP contribution in [0.1, 0.15) is 24.2 Å². The second-order valence-corrected chi connectivity index (χ2v) is 5.34. The molecule has 0 aliphatic rings. The van der Waals surface area contributed by atoms with Crippen molar-refractivity contribution in [1.82, 2.24) is 15.1 Å². The van der Waals surface area contributed by atoms with Crippen LogP contribution in [0.4, 0.5) is 0 Å². The minimum absolute atomic E-state index is 0.0877. The van der Waals surface area contributed by atoms with E-state index in [9.17, 15) is 0 Å². The van der Waals surface area contributed by atoms with E-state index in [0.29, 0.717) is 0 Å². The van der Waals surface area contributed by atoms with Gasteiger partial charge in [0.2, 0.25) is 0 Å². The van der Waals surface area contributed by atoms with E-state index < -0.39 is 0 Å². The van der Waals surface area contributed by atoms with Gasteiger partial charge in [-0.25, -0.2) is 0 Å². The molecular formula is C13H15BrClN3. The lowest BCUT2D eigenvalue weighted by Gasteiger charge is -2.16. The average Bonchev–Trinajstić information content (AvgIpc) is 2.76. The zero-order valence-corrected chi connectivity index (χ0v) is 12.7. The monoisotopic (exact) mass is 327 g/mol. The summed E-state index contributed by atoms with van der Waals surface area (Å²) in [7, 11) is 1.92. The first-order valence-corrected chi connectivity index (χ1v) is 6.96. The highest BCUT2D eigenvalue weighted by atomic mass is 79.9. The van der Waals surface area contributed by atoms with Crippen LogP contribution in [0.25, 0.3) is 0 Å². The van der Waals surface area contributed by atoms with Gasteiger partial charge in [-0.15, -0.1) is 0 Å². The van der Waals surface area contributed by atoms with E-state index >= 15 is 0 Å². The topological polar surface area (TPSA) is 29.9 Å². The predicted octanol–water partition coefficient (Wildman–Crippen LogP) is 3.53. The number of nitrogens with zero attached hydrogens (tertiary/aromatic N) is 2.